The molecular formula is C29H47BrN2O3. The molecule has 0 spiro atoms. The Morgan fingerprint density at radius 2 is 1.77 bits per heavy atom. The smallest absolute Gasteiger partial charge is 0.409 e. The van der Waals surface area contributed by atoms with Gasteiger partial charge in [0.25, 0.3) is 0 Å². The third-order valence-electron chi connectivity index (χ3n) is 6.94. The number of hydrogen-bond acceptors (Lipinski definition) is 3. The van der Waals surface area contributed by atoms with Crippen LogP contribution in [0.5, 0.6) is 0 Å². The minimum Gasteiger partial charge on any atom is -0.450 e. The molecule has 2 heterocycles. The molecule has 1 saturated carbocycles. The molecule has 2 amide bonds. The van der Waals surface area contributed by atoms with Crippen molar-refractivity contribution in [2.24, 2.45) is 17.8 Å². The summed E-state index contributed by atoms with van der Waals surface area (Å²) in [7, 11) is 0. The number of ether oxygens (including phenoxy) is 1. The van der Waals surface area contributed by atoms with Gasteiger partial charge < -0.3 is 15.0 Å². The van der Waals surface area contributed by atoms with E-state index in [0.717, 1.165) is 23.7 Å². The second-order valence-electron chi connectivity index (χ2n) is 10.00. The maximum atomic E-state index is 12.7. The first-order valence-electron chi connectivity index (χ1n) is 13.1. The number of carbonyl (C=O) groups excluding carboxylic acids is 2. The molecule has 1 N–H and O–H groups in total. The average Bonchev–Trinajstić information content (AvgIpc) is 2.81. The van der Waals surface area contributed by atoms with Crippen molar-refractivity contribution in [3.05, 3.63) is 46.0 Å². The van der Waals surface area contributed by atoms with Crippen molar-refractivity contribution >= 4 is 27.9 Å². The topological polar surface area (TPSA) is 58.6 Å². The molecule has 3 atom stereocenters. The number of amides is 2. The van der Waals surface area contributed by atoms with Crippen molar-refractivity contribution < 1.29 is 14.3 Å². The number of halogens is 1. The lowest BCUT2D eigenvalue weighted by atomic mass is 9.61. The number of unbranched alkanes of at least 4 members (excludes halogenated alkanes) is 1. The van der Waals surface area contributed by atoms with Crippen molar-refractivity contribution in [2.45, 2.75) is 86.6 Å². The lowest BCUT2D eigenvalue weighted by Gasteiger charge is -2.52. The Balaban J connectivity index is 0.000000434. The van der Waals surface area contributed by atoms with Crippen molar-refractivity contribution in [1.82, 2.24) is 10.2 Å². The minimum absolute atomic E-state index is 0.0365. The van der Waals surface area contributed by atoms with Gasteiger partial charge in [-0.3, -0.25) is 4.79 Å². The van der Waals surface area contributed by atoms with E-state index in [1.54, 1.807) is 4.90 Å². The predicted octanol–water partition coefficient (Wildman–Crippen LogP) is 7.55. The van der Waals surface area contributed by atoms with Crippen molar-refractivity contribution in [1.29, 1.82) is 0 Å². The van der Waals surface area contributed by atoms with Crippen molar-refractivity contribution in [3.63, 3.8) is 0 Å². The zero-order valence-electron chi connectivity index (χ0n) is 23.1. The highest BCUT2D eigenvalue weighted by Crippen LogP contribution is 2.46. The van der Waals surface area contributed by atoms with Gasteiger partial charge in [-0.15, -0.1) is 0 Å². The van der Waals surface area contributed by atoms with Crippen molar-refractivity contribution in [2.75, 3.05) is 19.7 Å². The summed E-state index contributed by atoms with van der Waals surface area (Å²) < 4.78 is 6.23. The van der Waals surface area contributed by atoms with Gasteiger partial charge in [-0.25, -0.2) is 4.79 Å². The minimum atomic E-state index is -0.322. The summed E-state index contributed by atoms with van der Waals surface area (Å²) in [6.45, 7) is 18.1. The van der Waals surface area contributed by atoms with Crippen LogP contribution >= 0.6 is 15.9 Å². The number of nitrogens with one attached hydrogen (secondary N) is 1. The molecule has 0 aromatic heterocycles. The van der Waals surface area contributed by atoms with E-state index >= 15 is 0 Å². The Morgan fingerprint density at radius 3 is 2.29 bits per heavy atom. The molecule has 198 valence electrons. The second-order valence-corrected chi connectivity index (χ2v) is 10.9. The summed E-state index contributed by atoms with van der Waals surface area (Å²) in [5.74, 6) is 0.701. The quantitative estimate of drug-likeness (QED) is 0.238. The highest BCUT2D eigenvalue weighted by atomic mass is 79.9. The molecule has 3 aliphatic rings. The fraction of sp³-hybridized carbons (Fsp3) is 0.655. The lowest BCUT2D eigenvalue weighted by molar-refractivity contribution is -0.142. The Morgan fingerprint density at radius 1 is 1.14 bits per heavy atom. The fourth-order valence-electron chi connectivity index (χ4n) is 4.42. The van der Waals surface area contributed by atoms with Crippen LogP contribution in [-0.2, 0) is 9.53 Å². The number of fused-ring (bicyclic) bond motifs is 2. The number of piperidine rings is 2. The number of nitrogens with zero attached hydrogens (tertiary/aromatic N) is 1. The van der Waals surface area contributed by atoms with Gasteiger partial charge in [0.1, 0.15) is 0 Å². The summed E-state index contributed by atoms with van der Waals surface area (Å²) in [4.78, 5) is 26.3. The molecule has 6 heteroatoms. The maximum Gasteiger partial charge on any atom is 0.409 e. The molecule has 5 nitrogen and oxygen atoms in total. The molecule has 3 rings (SSSR count). The van der Waals surface area contributed by atoms with E-state index in [9.17, 15) is 9.59 Å². The zero-order chi connectivity index (χ0) is 26.6. The fourth-order valence-corrected chi connectivity index (χ4v) is 4.80. The van der Waals surface area contributed by atoms with Crippen LogP contribution in [0.15, 0.2) is 46.0 Å². The molecule has 0 radical (unpaired) electrons. The highest BCUT2D eigenvalue weighted by Gasteiger charge is 2.52. The highest BCUT2D eigenvalue weighted by molar-refractivity contribution is 9.12. The molecule has 2 bridgehead atoms. The molecular weight excluding hydrogens is 504 g/mol. The number of allylic oxidation sites excluding steroid dienone is 7. The van der Waals surface area contributed by atoms with Gasteiger partial charge in [0, 0.05) is 23.5 Å². The van der Waals surface area contributed by atoms with E-state index < -0.39 is 0 Å². The van der Waals surface area contributed by atoms with Crippen LogP contribution in [0.3, 0.4) is 0 Å². The van der Waals surface area contributed by atoms with E-state index in [2.05, 4.69) is 79.3 Å². The summed E-state index contributed by atoms with van der Waals surface area (Å²) in [5, 5.41) is 3.20. The largest absolute Gasteiger partial charge is 0.450 e. The number of hydrogen-bond donors (Lipinski definition) is 1. The first-order chi connectivity index (χ1) is 16.5. The average molecular weight is 552 g/mol. The number of rotatable bonds is 9. The molecule has 35 heavy (non-hydrogen) atoms. The van der Waals surface area contributed by atoms with Gasteiger partial charge in [-0.05, 0) is 84.3 Å². The van der Waals surface area contributed by atoms with Crippen LogP contribution in [0.25, 0.3) is 0 Å². The lowest BCUT2D eigenvalue weighted by Crippen LogP contribution is -2.62. The summed E-state index contributed by atoms with van der Waals surface area (Å²) in [6, 6.07) is 0. The van der Waals surface area contributed by atoms with Gasteiger partial charge in [0.15, 0.2) is 0 Å². The van der Waals surface area contributed by atoms with E-state index in [0.29, 0.717) is 19.7 Å². The number of carbonyl (C=O) groups is 2. The molecule has 2 saturated heterocycles. The van der Waals surface area contributed by atoms with Crippen LogP contribution in [0.1, 0.15) is 81.1 Å². The molecule has 0 aromatic rings. The van der Waals surface area contributed by atoms with E-state index in [-0.39, 0.29) is 35.3 Å². The third kappa shape index (κ3) is 9.63. The third-order valence-corrected chi connectivity index (χ3v) is 7.83. The molecule has 0 aromatic carbocycles. The van der Waals surface area contributed by atoms with E-state index in [4.69, 9.17) is 4.74 Å². The normalized spacial score (nSPS) is 22.8. The molecule has 3 fully saturated rings. The zero-order valence-corrected chi connectivity index (χ0v) is 24.7. The van der Waals surface area contributed by atoms with Gasteiger partial charge in [0.2, 0.25) is 5.91 Å². The van der Waals surface area contributed by atoms with E-state index in [1.807, 2.05) is 27.7 Å². The predicted molar refractivity (Wildman–Crippen MR) is 150 cm³/mol. The molecule has 1 unspecified atom stereocenters. The Hall–Kier alpha value is -1.82. The van der Waals surface area contributed by atoms with Crippen LogP contribution in [0.2, 0.25) is 0 Å². The molecule has 1 aliphatic carbocycles. The Kier molecular flexibility index (Phi) is 13.7. The van der Waals surface area contributed by atoms with Gasteiger partial charge >= 0.3 is 6.09 Å². The van der Waals surface area contributed by atoms with Crippen LogP contribution in [-0.4, -0.2) is 42.1 Å². The standard InChI is InChI=1S/C18H30N2O3.C11H17Br/c1-6-8-12(3)18(4,5)19-16(21)15-13-9-14(15)11-20(10-13)17(22)23-7-2;1-4-6-7-8-9-11(12)10(3)5-2/h8,13-15H,6-7,9-11H2,1-5H3,(H,19,21);5,7-9H,4,6H2,1-3H3/b12-8-;8-7-,10-5+,11-9+/t13-,14+,15?;. The van der Waals surface area contributed by atoms with Crippen molar-refractivity contribution in [3.8, 4) is 0 Å². The molecule has 2 aliphatic heterocycles. The summed E-state index contributed by atoms with van der Waals surface area (Å²) >= 11 is 3.50. The van der Waals surface area contributed by atoms with Crippen LogP contribution in [0, 0.1) is 17.8 Å². The SMILES string of the molecule is C/C=C(C)/C(Br)=C\C=C/CCC.CC/C=C(/C)C(C)(C)NC(=O)C1[C@@H]2C[C@H]1CN(C(=O)OCC)C2. The Labute approximate surface area is 222 Å². The van der Waals surface area contributed by atoms with Crippen LogP contribution in [0.4, 0.5) is 4.79 Å². The van der Waals surface area contributed by atoms with Gasteiger partial charge in [-0.2, -0.15) is 0 Å². The maximum absolute atomic E-state index is 12.7. The monoisotopic (exact) mass is 550 g/mol. The first-order valence-corrected chi connectivity index (χ1v) is 13.9. The first kappa shape index (κ1) is 31.2. The second kappa shape index (κ2) is 15.3. The Bertz CT molecular complexity index is 814. The summed E-state index contributed by atoms with van der Waals surface area (Å²) in [6.07, 6.45) is 14.8. The van der Waals surface area contributed by atoms with Gasteiger partial charge in [-0.1, -0.05) is 66.1 Å². The van der Waals surface area contributed by atoms with Gasteiger partial charge in [0.05, 0.1) is 12.1 Å². The van der Waals surface area contributed by atoms with Crippen LogP contribution < -0.4 is 5.32 Å². The summed E-state index contributed by atoms with van der Waals surface area (Å²) in [5.41, 5.74) is 2.14. The van der Waals surface area contributed by atoms with E-state index in [1.165, 1.54) is 17.6 Å².